The van der Waals surface area contributed by atoms with Gasteiger partial charge in [-0.2, -0.15) is 10.4 Å². The summed E-state index contributed by atoms with van der Waals surface area (Å²) in [6.07, 6.45) is 3.36. The number of carbonyl (C=O) groups is 1. The minimum Gasteiger partial charge on any atom is -0.505 e. The molecule has 0 radical (unpaired) electrons. The summed E-state index contributed by atoms with van der Waals surface area (Å²) in [5.41, 5.74) is 4.31. The van der Waals surface area contributed by atoms with Gasteiger partial charge in [0.05, 0.1) is 24.4 Å². The number of aliphatic hydroxyl groups is 1. The van der Waals surface area contributed by atoms with Crippen molar-refractivity contribution in [3.8, 4) is 17.2 Å². The zero-order chi connectivity index (χ0) is 20.3. The number of hydrogen-bond acceptors (Lipinski definition) is 6. The zero-order valence-corrected chi connectivity index (χ0v) is 15.8. The Labute approximate surface area is 163 Å². The van der Waals surface area contributed by atoms with E-state index in [1.165, 1.54) is 18.3 Å². The Kier molecular flexibility index (Phi) is 5.28. The Morgan fingerprint density at radius 2 is 1.82 bits per heavy atom. The summed E-state index contributed by atoms with van der Waals surface area (Å²) in [7, 11) is 1.26. The van der Waals surface area contributed by atoms with E-state index in [0.29, 0.717) is 16.8 Å². The number of hydrogen-bond donors (Lipinski definition) is 1. The molecule has 6 nitrogen and oxygen atoms in total. The van der Waals surface area contributed by atoms with E-state index in [1.54, 1.807) is 25.1 Å². The summed E-state index contributed by atoms with van der Waals surface area (Å²) >= 11 is 0. The van der Waals surface area contributed by atoms with Crippen LogP contribution < -0.4 is 0 Å². The Balaban J connectivity index is 2.21. The van der Waals surface area contributed by atoms with Crippen LogP contribution in [-0.4, -0.2) is 29.4 Å². The van der Waals surface area contributed by atoms with Gasteiger partial charge in [-0.15, -0.1) is 0 Å². The number of methoxy groups -OCH3 is 1. The van der Waals surface area contributed by atoms with Crippen molar-refractivity contribution in [2.24, 2.45) is 5.10 Å². The third kappa shape index (κ3) is 3.14. The lowest BCUT2D eigenvalue weighted by atomic mass is 9.92. The summed E-state index contributed by atoms with van der Waals surface area (Å²) in [5, 5.41) is 25.4. The number of nitrogens with zero attached hydrogens (tertiary/aromatic N) is 3. The van der Waals surface area contributed by atoms with E-state index in [0.717, 1.165) is 16.7 Å². The van der Waals surface area contributed by atoms with E-state index in [4.69, 9.17) is 10.00 Å². The summed E-state index contributed by atoms with van der Waals surface area (Å²) in [5.74, 6) is -0.867. The van der Waals surface area contributed by atoms with Crippen molar-refractivity contribution in [3.05, 3.63) is 70.9 Å². The van der Waals surface area contributed by atoms with Crippen LogP contribution >= 0.6 is 0 Å². The lowest BCUT2D eigenvalue weighted by molar-refractivity contribution is -0.137. The van der Waals surface area contributed by atoms with Gasteiger partial charge in [0.15, 0.2) is 11.5 Å². The van der Waals surface area contributed by atoms with Crippen molar-refractivity contribution in [2.75, 3.05) is 7.11 Å². The Morgan fingerprint density at radius 1 is 1.14 bits per heavy atom. The van der Waals surface area contributed by atoms with Crippen LogP contribution in [0, 0.1) is 11.3 Å². The molecule has 1 aliphatic heterocycles. The minimum atomic E-state index is -0.677. The predicted molar refractivity (Wildman–Crippen MR) is 108 cm³/mol. The zero-order valence-electron chi connectivity index (χ0n) is 15.8. The molecule has 0 fully saturated rings. The summed E-state index contributed by atoms with van der Waals surface area (Å²) in [6.45, 7) is 3.56. The first-order valence-corrected chi connectivity index (χ1v) is 8.67. The molecule has 0 bridgehead atoms. The average molecular weight is 373 g/mol. The van der Waals surface area contributed by atoms with Gasteiger partial charge in [-0.1, -0.05) is 24.3 Å². The molecule has 1 aliphatic rings. The molecule has 0 unspecified atom stereocenters. The standard InChI is InChI=1S/C22H19N3O3/c1-4-19-18-12-16(15-8-6-14(13-23)7-9-15)10-11-17(18)21(26)20(22(27)28-3)25(19)24-5-2/h4-12,26H,1-3H3/b19-4+,24-5-. The largest absolute Gasteiger partial charge is 0.505 e. The van der Waals surface area contributed by atoms with Gasteiger partial charge in [0.2, 0.25) is 0 Å². The topological polar surface area (TPSA) is 85.9 Å². The first kappa shape index (κ1) is 18.9. The minimum absolute atomic E-state index is 0.0349. The fourth-order valence-electron chi connectivity index (χ4n) is 3.13. The van der Waals surface area contributed by atoms with E-state index < -0.39 is 5.97 Å². The number of aliphatic hydroxyl groups excluding tert-OH is 1. The molecule has 1 heterocycles. The second-order valence-electron chi connectivity index (χ2n) is 6.00. The average Bonchev–Trinajstić information content (AvgIpc) is 2.73. The number of allylic oxidation sites excluding steroid dienone is 1. The highest BCUT2D eigenvalue weighted by molar-refractivity contribution is 6.01. The van der Waals surface area contributed by atoms with Gasteiger partial charge in [-0.05, 0) is 49.2 Å². The van der Waals surface area contributed by atoms with Crippen LogP contribution in [0.5, 0.6) is 0 Å². The van der Waals surface area contributed by atoms with E-state index in [-0.39, 0.29) is 11.5 Å². The van der Waals surface area contributed by atoms with Gasteiger partial charge in [0.1, 0.15) is 0 Å². The molecule has 1 N–H and O–H groups in total. The van der Waals surface area contributed by atoms with Crippen LogP contribution in [0.2, 0.25) is 0 Å². The van der Waals surface area contributed by atoms with Crippen LogP contribution in [0.1, 0.15) is 30.5 Å². The maximum absolute atomic E-state index is 12.3. The molecule has 0 saturated carbocycles. The quantitative estimate of drug-likeness (QED) is 0.640. The van der Waals surface area contributed by atoms with Crippen molar-refractivity contribution in [1.29, 1.82) is 5.26 Å². The molecular weight excluding hydrogens is 354 g/mol. The van der Waals surface area contributed by atoms with E-state index in [2.05, 4.69) is 11.2 Å². The van der Waals surface area contributed by atoms with Crippen LogP contribution in [-0.2, 0) is 9.53 Å². The normalized spacial score (nSPS) is 14.9. The van der Waals surface area contributed by atoms with E-state index in [1.807, 2.05) is 37.3 Å². The highest BCUT2D eigenvalue weighted by atomic mass is 16.5. The highest BCUT2D eigenvalue weighted by Crippen LogP contribution is 2.39. The lowest BCUT2D eigenvalue weighted by Gasteiger charge is -2.30. The molecule has 0 atom stereocenters. The fraction of sp³-hybridized carbons (Fsp3) is 0.136. The Bertz CT molecular complexity index is 1060. The number of nitriles is 1. The first-order chi connectivity index (χ1) is 13.5. The molecule has 140 valence electrons. The summed E-state index contributed by atoms with van der Waals surface area (Å²) in [4.78, 5) is 12.3. The molecule has 28 heavy (non-hydrogen) atoms. The summed E-state index contributed by atoms with van der Waals surface area (Å²) in [6, 6.07) is 14.9. The van der Waals surface area contributed by atoms with Crippen molar-refractivity contribution in [2.45, 2.75) is 13.8 Å². The van der Waals surface area contributed by atoms with Gasteiger partial charge in [-0.3, -0.25) is 0 Å². The number of benzene rings is 2. The molecule has 0 aliphatic carbocycles. The fourth-order valence-corrected chi connectivity index (χ4v) is 3.13. The molecular formula is C22H19N3O3. The lowest BCUT2D eigenvalue weighted by Crippen LogP contribution is -2.28. The Morgan fingerprint density at radius 3 is 2.39 bits per heavy atom. The number of rotatable bonds is 3. The molecule has 0 spiro atoms. The van der Waals surface area contributed by atoms with Crippen molar-refractivity contribution in [1.82, 2.24) is 5.01 Å². The highest BCUT2D eigenvalue weighted by Gasteiger charge is 2.33. The maximum atomic E-state index is 12.3. The molecule has 3 rings (SSSR count). The monoisotopic (exact) mass is 373 g/mol. The molecule has 6 heteroatoms. The molecule has 0 saturated heterocycles. The van der Waals surface area contributed by atoms with E-state index >= 15 is 0 Å². The second-order valence-corrected chi connectivity index (χ2v) is 6.00. The van der Waals surface area contributed by atoms with Crippen LogP contribution in [0.3, 0.4) is 0 Å². The Hall–Kier alpha value is -3.85. The maximum Gasteiger partial charge on any atom is 0.360 e. The van der Waals surface area contributed by atoms with Gasteiger partial charge in [0.25, 0.3) is 0 Å². The molecule has 2 aromatic rings. The number of hydrazone groups is 1. The molecule has 0 aromatic heterocycles. The third-order valence-corrected chi connectivity index (χ3v) is 4.45. The number of esters is 1. The summed E-state index contributed by atoms with van der Waals surface area (Å²) < 4.78 is 4.83. The molecule has 0 amide bonds. The van der Waals surface area contributed by atoms with Crippen LogP contribution in [0.4, 0.5) is 0 Å². The first-order valence-electron chi connectivity index (χ1n) is 8.67. The number of carbonyl (C=O) groups excluding carboxylic acids is 1. The van der Waals surface area contributed by atoms with Gasteiger partial charge in [0, 0.05) is 17.3 Å². The van der Waals surface area contributed by atoms with Gasteiger partial charge < -0.3 is 9.84 Å². The second kappa shape index (κ2) is 7.80. The molecule has 2 aromatic carbocycles. The third-order valence-electron chi connectivity index (χ3n) is 4.45. The predicted octanol–water partition coefficient (Wildman–Crippen LogP) is 4.31. The van der Waals surface area contributed by atoms with Crippen molar-refractivity contribution >= 4 is 23.6 Å². The van der Waals surface area contributed by atoms with E-state index in [9.17, 15) is 9.90 Å². The van der Waals surface area contributed by atoms with Crippen LogP contribution in [0.25, 0.3) is 22.6 Å². The van der Waals surface area contributed by atoms with Crippen LogP contribution in [0.15, 0.2) is 59.3 Å². The van der Waals surface area contributed by atoms with Gasteiger partial charge >= 0.3 is 5.97 Å². The number of ether oxygens (including phenoxy) is 1. The number of fused-ring (bicyclic) bond motifs is 1. The van der Waals surface area contributed by atoms with Crippen molar-refractivity contribution < 1.29 is 14.6 Å². The SMILES string of the molecule is C/C=N\N1C(C(=O)OC)=C(O)c2ccc(-c3ccc(C#N)cc3)cc2/C1=C\C. The van der Waals surface area contributed by atoms with Crippen molar-refractivity contribution in [3.63, 3.8) is 0 Å². The smallest absolute Gasteiger partial charge is 0.360 e. The van der Waals surface area contributed by atoms with Gasteiger partial charge in [-0.25, -0.2) is 9.80 Å².